The first-order chi connectivity index (χ1) is 41.0. The van der Waals surface area contributed by atoms with Crippen LogP contribution < -0.4 is 15.0 Å². The average molecular weight is 1220 g/mol. The smallest absolute Gasteiger partial charge is 0.407 e. The average Bonchev–Trinajstić information content (AvgIpc) is 1.15. The van der Waals surface area contributed by atoms with Gasteiger partial charge in [-0.25, -0.2) is 42.5 Å². The molecule has 462 valence electrons. The van der Waals surface area contributed by atoms with Gasteiger partial charge in [0.2, 0.25) is 17.6 Å². The van der Waals surface area contributed by atoms with E-state index in [4.69, 9.17) is 4.74 Å². The predicted molar refractivity (Wildman–Crippen MR) is 327 cm³/mol. The largest absolute Gasteiger partial charge is 0.492 e. The van der Waals surface area contributed by atoms with Crippen molar-refractivity contribution in [1.29, 1.82) is 0 Å². The summed E-state index contributed by atoms with van der Waals surface area (Å²) in [5.41, 5.74) is 3.32. The van der Waals surface area contributed by atoms with Crippen LogP contribution in [0.2, 0.25) is 0 Å². The van der Waals surface area contributed by atoms with Crippen LogP contribution in [-0.4, -0.2) is 216 Å². The highest BCUT2D eigenvalue weighted by Crippen LogP contribution is 2.38. The van der Waals surface area contributed by atoms with Gasteiger partial charge in [-0.2, -0.15) is 5.10 Å². The number of fused-ring (bicyclic) bond motifs is 1. The number of ether oxygens (including phenoxy) is 1. The SMILES string of the molecule is CCC.Cc1[nH]nc(Nc2ncnc3cc(OCCCN4CCN(C(=O)c5cnc(N6CCN(C[C@H]7CN(C(=O)O)[C@H](C)CN7CC(=O)N7CCC[C@H]7c7nc(C(=O)c8ccc(F)cc8)cs7)[C@H](C)C6)nc5)CC4)c(S(=O)(=O)C(C)(C)C)cc23)c1C. The number of rotatable bonds is 17. The summed E-state index contributed by atoms with van der Waals surface area (Å²) in [6, 6.07) is 7.75. The van der Waals surface area contributed by atoms with E-state index in [-0.39, 0.29) is 77.8 Å². The number of amides is 3. The molecule has 0 aliphatic carbocycles. The zero-order valence-corrected chi connectivity index (χ0v) is 52.3. The number of aromatic nitrogens is 7. The minimum Gasteiger partial charge on any atom is -0.492 e. The fraction of sp³-hybridized carbons (Fsp3) is 0.533. The minimum atomic E-state index is -3.86. The van der Waals surface area contributed by atoms with E-state index in [9.17, 15) is 37.1 Å². The molecule has 4 aromatic heterocycles. The van der Waals surface area contributed by atoms with Crippen molar-refractivity contribution in [2.24, 2.45) is 0 Å². The number of nitrogens with one attached hydrogen (secondary N) is 2. The number of thiazole rings is 1. The summed E-state index contributed by atoms with van der Waals surface area (Å²) in [4.78, 5) is 90.3. The third-order valence-electron chi connectivity index (χ3n) is 16.5. The van der Waals surface area contributed by atoms with E-state index >= 15 is 0 Å². The fourth-order valence-corrected chi connectivity index (χ4v) is 13.6. The van der Waals surface area contributed by atoms with Gasteiger partial charge in [-0.15, -0.1) is 11.3 Å². The lowest BCUT2D eigenvalue weighted by Gasteiger charge is -2.48. The Morgan fingerprint density at radius 2 is 1.58 bits per heavy atom. The maximum atomic E-state index is 14.2. The van der Waals surface area contributed by atoms with Crippen molar-refractivity contribution in [1.82, 2.24) is 64.5 Å². The molecule has 26 heteroatoms. The summed E-state index contributed by atoms with van der Waals surface area (Å²) >= 11 is 1.34. The van der Waals surface area contributed by atoms with Gasteiger partial charge in [0.1, 0.15) is 39.3 Å². The van der Waals surface area contributed by atoms with Crippen LogP contribution in [0.4, 0.5) is 26.8 Å². The molecule has 3 N–H and O–H groups in total. The molecule has 86 heavy (non-hydrogen) atoms. The number of hydrogen-bond donors (Lipinski definition) is 3. The van der Waals surface area contributed by atoms with Gasteiger partial charge in [-0.1, -0.05) is 20.3 Å². The van der Waals surface area contributed by atoms with Crippen molar-refractivity contribution in [2.45, 2.75) is 122 Å². The molecule has 3 amide bonds. The molecule has 0 unspecified atom stereocenters. The van der Waals surface area contributed by atoms with Crippen molar-refractivity contribution >= 4 is 73.4 Å². The molecule has 6 aromatic rings. The molecule has 0 radical (unpaired) electrons. The number of ketones is 1. The number of hydrogen-bond acceptors (Lipinski definition) is 19. The zero-order chi connectivity index (χ0) is 61.6. The summed E-state index contributed by atoms with van der Waals surface area (Å²) in [6.45, 7) is 24.0. The minimum absolute atomic E-state index is 0.0289. The van der Waals surface area contributed by atoms with Gasteiger partial charge in [0.15, 0.2) is 15.7 Å². The molecule has 4 aliphatic rings. The molecule has 0 saturated carbocycles. The molecule has 8 heterocycles. The summed E-state index contributed by atoms with van der Waals surface area (Å²) in [5, 5.41) is 23.6. The lowest BCUT2D eigenvalue weighted by molar-refractivity contribution is -0.135. The van der Waals surface area contributed by atoms with Gasteiger partial charge < -0.3 is 34.8 Å². The Labute approximate surface area is 506 Å². The number of carboxylic acid groups (broad SMARTS) is 1. The fourth-order valence-electron chi connectivity index (χ4n) is 11.3. The van der Waals surface area contributed by atoms with Crippen LogP contribution in [0.1, 0.15) is 123 Å². The van der Waals surface area contributed by atoms with Crippen molar-refractivity contribution in [2.75, 3.05) is 102 Å². The number of benzene rings is 2. The molecule has 0 spiro atoms. The van der Waals surface area contributed by atoms with Crippen molar-refractivity contribution in [3.8, 4) is 5.75 Å². The van der Waals surface area contributed by atoms with E-state index in [1.807, 2.05) is 25.7 Å². The second-order valence-electron chi connectivity index (χ2n) is 23.7. The number of carbonyl (C=O) groups is 4. The van der Waals surface area contributed by atoms with E-state index < -0.39 is 26.5 Å². The molecular formula is C60H80FN15O8S2. The van der Waals surface area contributed by atoms with E-state index in [1.54, 1.807) is 55.6 Å². The molecular weight excluding hydrogens is 1140 g/mol. The maximum absolute atomic E-state index is 14.2. The first-order valence-corrected chi connectivity index (χ1v) is 32.0. The predicted octanol–water partition coefficient (Wildman–Crippen LogP) is 7.47. The zero-order valence-electron chi connectivity index (χ0n) is 50.6. The number of nitrogens with zero attached hydrogens (tertiary/aromatic N) is 13. The standard InChI is InChI=1S/C57H72FN15O8S2.C3H8/c1-35-28-70(22-21-69(35)30-42-31-73(56(77)78)36(2)29-71(42)32-49(74)72-16-8-10-46(72)53-63-45(33-82-53)50(75)39-11-13-41(58)14-12-39)55-59-26-40(27-60-55)54(76)68-19-17-67(18-20-68)15-9-23-81-47-25-44-43(24-48(47)83(79,80)57(5,6)7)52(62-34-61-44)64-51-37(3)38(4)65-66-51;1-3-2/h11-14,24-27,33-36,42,46H,8-10,15-23,28-32H2,1-7H3,(H,77,78)(H2,61,62,64,65,66);3H2,1-2H3/t35-,36-,42+,46+;/m1./s1. The molecule has 10 rings (SSSR count). The number of anilines is 3. The van der Waals surface area contributed by atoms with Gasteiger partial charge in [-0.05, 0) is 98.1 Å². The number of aryl methyl sites for hydroxylation is 1. The first-order valence-electron chi connectivity index (χ1n) is 29.6. The van der Waals surface area contributed by atoms with E-state index in [1.165, 1.54) is 53.3 Å². The summed E-state index contributed by atoms with van der Waals surface area (Å²) < 4.78 is 46.7. The number of likely N-dealkylation sites (tertiary alicyclic amines) is 1. The normalized spacial score (nSPS) is 20.0. The summed E-state index contributed by atoms with van der Waals surface area (Å²) in [5.74, 6) is 0.784. The molecule has 23 nitrogen and oxygen atoms in total. The highest BCUT2D eigenvalue weighted by Gasteiger charge is 2.41. The third kappa shape index (κ3) is 14.3. The first kappa shape index (κ1) is 63.2. The van der Waals surface area contributed by atoms with Crippen molar-refractivity contribution < 1.29 is 41.8 Å². The van der Waals surface area contributed by atoms with Crippen LogP contribution in [0.5, 0.6) is 5.75 Å². The number of carbonyl (C=O) groups excluding carboxylic acids is 3. The third-order valence-corrected chi connectivity index (χ3v) is 19.9. The Bertz CT molecular complexity index is 3480. The van der Waals surface area contributed by atoms with Crippen LogP contribution >= 0.6 is 11.3 Å². The highest BCUT2D eigenvalue weighted by molar-refractivity contribution is 7.92. The quantitative estimate of drug-likeness (QED) is 0.0591. The number of piperazine rings is 3. The second-order valence-corrected chi connectivity index (χ2v) is 27.3. The van der Waals surface area contributed by atoms with Crippen LogP contribution in [-0.2, 0) is 14.6 Å². The van der Waals surface area contributed by atoms with E-state index in [0.717, 1.165) is 17.7 Å². The number of halogens is 1. The van der Waals surface area contributed by atoms with Gasteiger partial charge in [0, 0.05) is 143 Å². The Balaban J connectivity index is 0.00000288. The maximum Gasteiger partial charge on any atom is 0.407 e. The topological polar surface area (TPSA) is 260 Å². The Kier molecular flexibility index (Phi) is 20.0. The molecule has 4 aliphatic heterocycles. The Hall–Kier alpha value is -7.26. The van der Waals surface area contributed by atoms with E-state index in [0.29, 0.717) is 129 Å². The van der Waals surface area contributed by atoms with Crippen molar-refractivity contribution in [3.63, 3.8) is 0 Å². The van der Waals surface area contributed by atoms with Crippen LogP contribution in [0.3, 0.4) is 0 Å². The summed E-state index contributed by atoms with van der Waals surface area (Å²) in [6.07, 6.45) is 6.94. The lowest BCUT2D eigenvalue weighted by Crippen LogP contribution is -2.64. The van der Waals surface area contributed by atoms with Crippen LogP contribution in [0.25, 0.3) is 10.9 Å². The monoisotopic (exact) mass is 1220 g/mol. The molecule has 4 saturated heterocycles. The highest BCUT2D eigenvalue weighted by atomic mass is 32.2. The van der Waals surface area contributed by atoms with Gasteiger partial charge in [-0.3, -0.25) is 34.2 Å². The number of H-pyrrole nitrogens is 1. The van der Waals surface area contributed by atoms with Gasteiger partial charge >= 0.3 is 6.09 Å². The van der Waals surface area contributed by atoms with Crippen LogP contribution in [0.15, 0.2) is 65.4 Å². The summed E-state index contributed by atoms with van der Waals surface area (Å²) in [7, 11) is -3.86. The van der Waals surface area contributed by atoms with E-state index in [2.05, 4.69) is 80.8 Å². The second kappa shape index (κ2) is 27.2. The van der Waals surface area contributed by atoms with Crippen LogP contribution in [0, 0.1) is 19.7 Å². The lowest BCUT2D eigenvalue weighted by atomic mass is 10.0. The molecule has 2 aromatic carbocycles. The Morgan fingerprint density at radius 1 is 0.860 bits per heavy atom. The molecule has 4 fully saturated rings. The number of aromatic amines is 1. The van der Waals surface area contributed by atoms with Gasteiger partial charge in [0.05, 0.1) is 35.0 Å². The molecule has 4 atom stereocenters. The number of sulfone groups is 1. The van der Waals surface area contributed by atoms with Gasteiger partial charge in [0.25, 0.3) is 5.91 Å². The van der Waals surface area contributed by atoms with Crippen molar-refractivity contribution in [3.05, 3.63) is 99.4 Å². The Morgan fingerprint density at radius 3 is 2.24 bits per heavy atom. The molecule has 0 bridgehead atoms.